The van der Waals surface area contributed by atoms with Gasteiger partial charge in [-0.25, -0.2) is 9.18 Å². The summed E-state index contributed by atoms with van der Waals surface area (Å²) in [5, 5.41) is 0. The monoisotopic (exact) mass is 301 g/mol. The number of nitrogens with zero attached hydrogens (tertiary/aromatic N) is 1. The first-order valence-electron chi connectivity index (χ1n) is 5.58. The van der Waals surface area contributed by atoms with E-state index in [1.165, 1.54) is 18.2 Å². The van der Waals surface area contributed by atoms with Crippen molar-refractivity contribution >= 4 is 22.0 Å². The summed E-state index contributed by atoms with van der Waals surface area (Å²) in [6, 6.07) is 3.99. The van der Waals surface area contributed by atoms with Crippen molar-refractivity contribution in [1.29, 1.82) is 0 Å². The Labute approximate surface area is 108 Å². The number of halogens is 2. The lowest BCUT2D eigenvalue weighted by Crippen LogP contribution is -2.37. The minimum Gasteiger partial charge on any atom is -0.409 e. The fourth-order valence-corrected chi connectivity index (χ4v) is 2.22. The average molecular weight is 302 g/mol. The number of piperidine rings is 1. The molecule has 0 radical (unpaired) electrons. The van der Waals surface area contributed by atoms with Crippen LogP contribution >= 0.6 is 15.9 Å². The quantitative estimate of drug-likeness (QED) is 0.793. The predicted molar refractivity (Wildman–Crippen MR) is 65.5 cm³/mol. The van der Waals surface area contributed by atoms with Crippen molar-refractivity contribution in [2.45, 2.75) is 19.3 Å². The Balaban J connectivity index is 2.02. The van der Waals surface area contributed by atoms with E-state index in [0.29, 0.717) is 10.2 Å². The molecule has 1 heterocycles. The molecule has 0 aliphatic carbocycles. The Kier molecular flexibility index (Phi) is 3.99. The largest absolute Gasteiger partial charge is 0.415 e. The van der Waals surface area contributed by atoms with Gasteiger partial charge in [-0.3, -0.25) is 0 Å². The van der Waals surface area contributed by atoms with Crippen molar-refractivity contribution in [2.75, 3.05) is 13.1 Å². The van der Waals surface area contributed by atoms with E-state index in [4.69, 9.17) is 4.74 Å². The molecule has 1 aliphatic heterocycles. The van der Waals surface area contributed by atoms with Crippen LogP contribution in [0.2, 0.25) is 0 Å². The molecule has 1 aromatic rings. The third kappa shape index (κ3) is 3.19. The van der Waals surface area contributed by atoms with Crippen LogP contribution in [0.3, 0.4) is 0 Å². The highest BCUT2D eigenvalue weighted by molar-refractivity contribution is 9.10. The van der Waals surface area contributed by atoms with Gasteiger partial charge in [-0.05, 0) is 53.4 Å². The van der Waals surface area contributed by atoms with Crippen molar-refractivity contribution in [2.24, 2.45) is 0 Å². The van der Waals surface area contributed by atoms with Gasteiger partial charge in [-0.2, -0.15) is 0 Å². The first kappa shape index (κ1) is 12.4. The van der Waals surface area contributed by atoms with Gasteiger partial charge in [0.25, 0.3) is 0 Å². The van der Waals surface area contributed by atoms with E-state index in [-0.39, 0.29) is 11.9 Å². The van der Waals surface area contributed by atoms with E-state index in [2.05, 4.69) is 15.9 Å². The maximum atomic E-state index is 12.9. The minimum atomic E-state index is -0.366. The average Bonchev–Trinajstić information content (AvgIpc) is 2.34. The van der Waals surface area contributed by atoms with E-state index < -0.39 is 0 Å². The van der Waals surface area contributed by atoms with Gasteiger partial charge in [0.05, 0.1) is 4.47 Å². The van der Waals surface area contributed by atoms with Gasteiger partial charge >= 0.3 is 6.09 Å². The van der Waals surface area contributed by atoms with E-state index in [1.54, 1.807) is 4.90 Å². The number of likely N-dealkylation sites (tertiary alicyclic amines) is 1. The van der Waals surface area contributed by atoms with Crippen molar-refractivity contribution in [3.05, 3.63) is 28.5 Å². The second-order valence-corrected chi connectivity index (χ2v) is 4.84. The fraction of sp³-hybridized carbons (Fsp3) is 0.417. The summed E-state index contributed by atoms with van der Waals surface area (Å²) < 4.78 is 18.5. The Morgan fingerprint density at radius 3 is 2.65 bits per heavy atom. The normalized spacial score (nSPS) is 15.8. The van der Waals surface area contributed by atoms with Crippen LogP contribution in [-0.2, 0) is 0 Å². The van der Waals surface area contributed by atoms with Crippen LogP contribution in [-0.4, -0.2) is 24.1 Å². The van der Waals surface area contributed by atoms with Crippen LogP contribution in [0.15, 0.2) is 22.7 Å². The molecule has 3 nitrogen and oxygen atoms in total. The molecule has 0 saturated carbocycles. The van der Waals surface area contributed by atoms with Gasteiger partial charge < -0.3 is 9.64 Å². The highest BCUT2D eigenvalue weighted by Crippen LogP contribution is 2.26. The van der Waals surface area contributed by atoms with E-state index in [0.717, 1.165) is 32.4 Å². The predicted octanol–water partition coefficient (Wildman–Crippen LogP) is 3.57. The number of carbonyl (C=O) groups excluding carboxylic acids is 1. The van der Waals surface area contributed by atoms with Crippen LogP contribution in [0.4, 0.5) is 9.18 Å². The molecule has 1 aliphatic rings. The lowest BCUT2D eigenvalue weighted by Gasteiger charge is -2.25. The molecule has 17 heavy (non-hydrogen) atoms. The molecule has 0 N–H and O–H groups in total. The summed E-state index contributed by atoms with van der Waals surface area (Å²) in [6.07, 6.45) is 2.82. The van der Waals surface area contributed by atoms with Crippen molar-refractivity contribution in [1.82, 2.24) is 4.90 Å². The van der Waals surface area contributed by atoms with Crippen LogP contribution in [0.1, 0.15) is 19.3 Å². The molecule has 0 spiro atoms. The zero-order valence-electron chi connectivity index (χ0n) is 9.29. The molecular formula is C12H13BrFNO2. The molecule has 1 fully saturated rings. The molecule has 0 aromatic heterocycles. The number of amides is 1. The molecule has 92 valence electrons. The van der Waals surface area contributed by atoms with Gasteiger partial charge in [0.1, 0.15) is 11.6 Å². The third-order valence-electron chi connectivity index (χ3n) is 2.71. The number of benzene rings is 1. The van der Waals surface area contributed by atoms with Crippen molar-refractivity contribution in [3.63, 3.8) is 0 Å². The Morgan fingerprint density at radius 2 is 2.00 bits per heavy atom. The summed E-state index contributed by atoms with van der Waals surface area (Å²) in [5.41, 5.74) is 0. The molecule has 1 aromatic carbocycles. The molecular weight excluding hydrogens is 289 g/mol. The second-order valence-electron chi connectivity index (χ2n) is 3.99. The maximum Gasteiger partial charge on any atom is 0.415 e. The van der Waals surface area contributed by atoms with Crippen LogP contribution < -0.4 is 4.74 Å². The number of ether oxygens (including phenoxy) is 1. The number of carbonyl (C=O) groups is 1. The summed E-state index contributed by atoms with van der Waals surface area (Å²) in [4.78, 5) is 13.5. The van der Waals surface area contributed by atoms with Gasteiger partial charge in [0.15, 0.2) is 0 Å². The SMILES string of the molecule is O=C(Oc1ccc(F)cc1Br)N1CCCCC1. The lowest BCUT2D eigenvalue weighted by molar-refractivity contribution is 0.142. The topological polar surface area (TPSA) is 29.5 Å². The Bertz CT molecular complexity index is 419. The zero-order chi connectivity index (χ0) is 12.3. The van der Waals surface area contributed by atoms with Gasteiger partial charge in [0, 0.05) is 13.1 Å². The molecule has 1 saturated heterocycles. The highest BCUT2D eigenvalue weighted by atomic mass is 79.9. The molecule has 2 rings (SSSR count). The molecule has 1 amide bonds. The summed E-state index contributed by atoms with van der Waals surface area (Å²) >= 11 is 3.16. The molecule has 5 heteroatoms. The van der Waals surface area contributed by atoms with Crippen molar-refractivity contribution in [3.8, 4) is 5.75 Å². The number of hydrogen-bond acceptors (Lipinski definition) is 2. The summed E-state index contributed by atoms with van der Waals surface area (Å²) in [6.45, 7) is 1.47. The van der Waals surface area contributed by atoms with Gasteiger partial charge in [-0.1, -0.05) is 0 Å². The Morgan fingerprint density at radius 1 is 1.29 bits per heavy atom. The first-order chi connectivity index (χ1) is 8.16. The highest BCUT2D eigenvalue weighted by Gasteiger charge is 2.19. The van der Waals surface area contributed by atoms with E-state index >= 15 is 0 Å². The lowest BCUT2D eigenvalue weighted by atomic mass is 10.1. The zero-order valence-corrected chi connectivity index (χ0v) is 10.9. The maximum absolute atomic E-state index is 12.9. The van der Waals surface area contributed by atoms with Gasteiger partial charge in [0.2, 0.25) is 0 Å². The molecule has 0 bridgehead atoms. The van der Waals surface area contributed by atoms with Crippen LogP contribution in [0.25, 0.3) is 0 Å². The van der Waals surface area contributed by atoms with Crippen LogP contribution in [0.5, 0.6) is 5.75 Å². The van der Waals surface area contributed by atoms with E-state index in [1.807, 2.05) is 0 Å². The molecule has 0 unspecified atom stereocenters. The standard InChI is InChI=1S/C12H13BrFNO2/c13-10-8-9(14)4-5-11(10)17-12(16)15-6-2-1-3-7-15/h4-5,8H,1-3,6-7H2. The molecule has 0 atom stereocenters. The number of rotatable bonds is 1. The van der Waals surface area contributed by atoms with Crippen LogP contribution in [0, 0.1) is 5.82 Å². The summed E-state index contributed by atoms with van der Waals surface area (Å²) in [5.74, 6) is -0.0170. The fourth-order valence-electron chi connectivity index (χ4n) is 1.79. The third-order valence-corrected chi connectivity index (χ3v) is 3.33. The second kappa shape index (κ2) is 5.49. The minimum absolute atomic E-state index is 0.349. The number of hydrogen-bond donors (Lipinski definition) is 0. The smallest absolute Gasteiger partial charge is 0.409 e. The first-order valence-corrected chi connectivity index (χ1v) is 6.38. The summed E-state index contributed by atoms with van der Waals surface area (Å²) in [7, 11) is 0. The Hall–Kier alpha value is -1.10. The van der Waals surface area contributed by atoms with Gasteiger partial charge in [-0.15, -0.1) is 0 Å². The van der Waals surface area contributed by atoms with E-state index in [9.17, 15) is 9.18 Å². The van der Waals surface area contributed by atoms with Crippen molar-refractivity contribution < 1.29 is 13.9 Å².